The van der Waals surface area contributed by atoms with E-state index in [0.717, 1.165) is 4.88 Å². The quantitative estimate of drug-likeness (QED) is 0.899. The van der Waals surface area contributed by atoms with E-state index < -0.39 is 10.0 Å². The molecule has 1 amide bonds. The van der Waals surface area contributed by atoms with Crippen LogP contribution in [0, 0.1) is 13.8 Å². The molecule has 0 radical (unpaired) electrons. The summed E-state index contributed by atoms with van der Waals surface area (Å²) in [7, 11) is -2.26. The molecule has 8 heteroatoms. The van der Waals surface area contributed by atoms with Crippen LogP contribution in [-0.2, 0) is 10.0 Å². The fourth-order valence-corrected chi connectivity index (χ4v) is 3.12. The van der Waals surface area contributed by atoms with Crippen molar-refractivity contribution in [1.29, 1.82) is 0 Å². The molecule has 1 heterocycles. The van der Waals surface area contributed by atoms with Crippen LogP contribution in [0.4, 0.5) is 5.13 Å². The number of aryl methyl sites for hydroxylation is 2. The van der Waals surface area contributed by atoms with Crippen molar-refractivity contribution >= 4 is 32.4 Å². The SMILES string of the molecule is CNS(=O)(=O)c1ccc(C)c(C(=O)Nc2ncc(C)s2)c1. The third-order valence-corrected chi connectivity index (χ3v) is 5.11. The first kappa shape index (κ1) is 15.6. The molecule has 0 aliphatic carbocycles. The van der Waals surface area contributed by atoms with Crippen LogP contribution in [-0.4, -0.2) is 26.4 Å². The van der Waals surface area contributed by atoms with E-state index in [1.54, 1.807) is 19.2 Å². The minimum absolute atomic E-state index is 0.0519. The lowest BCUT2D eigenvalue weighted by Crippen LogP contribution is -2.20. The molecule has 21 heavy (non-hydrogen) atoms. The van der Waals surface area contributed by atoms with Crippen LogP contribution in [0.15, 0.2) is 29.3 Å². The zero-order chi connectivity index (χ0) is 15.6. The molecule has 1 aromatic heterocycles. The van der Waals surface area contributed by atoms with E-state index in [4.69, 9.17) is 0 Å². The summed E-state index contributed by atoms with van der Waals surface area (Å²) in [6.45, 7) is 3.64. The second kappa shape index (κ2) is 5.92. The standard InChI is InChI=1S/C13H15N3O3S2/c1-8-4-5-10(21(18,19)14-3)6-11(8)12(17)16-13-15-7-9(2)20-13/h4-7,14H,1-3H3,(H,15,16,17). The van der Waals surface area contributed by atoms with Crippen molar-refractivity contribution in [3.63, 3.8) is 0 Å². The molecule has 0 saturated carbocycles. The molecule has 2 aromatic rings. The fraction of sp³-hybridized carbons (Fsp3) is 0.231. The zero-order valence-corrected chi connectivity index (χ0v) is 13.4. The summed E-state index contributed by atoms with van der Waals surface area (Å²) < 4.78 is 25.8. The van der Waals surface area contributed by atoms with Gasteiger partial charge >= 0.3 is 0 Å². The second-order valence-electron chi connectivity index (χ2n) is 4.41. The van der Waals surface area contributed by atoms with Gasteiger partial charge in [-0.3, -0.25) is 10.1 Å². The fourth-order valence-electron chi connectivity index (χ4n) is 1.71. The van der Waals surface area contributed by atoms with Crippen LogP contribution in [0.1, 0.15) is 20.8 Å². The molecule has 2 rings (SSSR count). The maximum atomic E-state index is 12.3. The molecule has 2 N–H and O–H groups in total. The van der Waals surface area contributed by atoms with Gasteiger partial charge in [0.15, 0.2) is 5.13 Å². The van der Waals surface area contributed by atoms with Crippen molar-refractivity contribution < 1.29 is 13.2 Å². The Hall–Kier alpha value is -1.77. The van der Waals surface area contributed by atoms with Crippen molar-refractivity contribution in [3.8, 4) is 0 Å². The van der Waals surface area contributed by atoms with E-state index in [1.165, 1.54) is 30.5 Å². The summed E-state index contributed by atoms with van der Waals surface area (Å²) in [4.78, 5) is 17.3. The van der Waals surface area contributed by atoms with Gasteiger partial charge in [-0.05, 0) is 38.6 Å². The van der Waals surface area contributed by atoms with Crippen LogP contribution in [0.2, 0.25) is 0 Å². The first-order chi connectivity index (χ1) is 9.83. The molecule has 112 valence electrons. The Kier molecular flexibility index (Phi) is 4.40. The molecule has 0 aliphatic rings. The molecule has 0 bridgehead atoms. The summed E-state index contributed by atoms with van der Waals surface area (Å²) in [5, 5.41) is 3.15. The first-order valence-corrected chi connectivity index (χ1v) is 8.41. The lowest BCUT2D eigenvalue weighted by Gasteiger charge is -2.08. The van der Waals surface area contributed by atoms with E-state index >= 15 is 0 Å². The lowest BCUT2D eigenvalue weighted by atomic mass is 10.1. The molecule has 0 atom stereocenters. The highest BCUT2D eigenvalue weighted by molar-refractivity contribution is 7.89. The van der Waals surface area contributed by atoms with E-state index in [0.29, 0.717) is 16.3 Å². The van der Waals surface area contributed by atoms with E-state index in [1.807, 2.05) is 6.92 Å². The molecule has 0 fully saturated rings. The van der Waals surface area contributed by atoms with Gasteiger partial charge in [-0.25, -0.2) is 18.1 Å². The van der Waals surface area contributed by atoms with Gasteiger partial charge < -0.3 is 0 Å². The monoisotopic (exact) mass is 325 g/mol. The Labute approximate surface area is 127 Å². The van der Waals surface area contributed by atoms with Gasteiger partial charge in [0.05, 0.1) is 4.90 Å². The van der Waals surface area contributed by atoms with Gasteiger partial charge in [-0.2, -0.15) is 0 Å². The topological polar surface area (TPSA) is 88.2 Å². The summed E-state index contributed by atoms with van der Waals surface area (Å²) in [6.07, 6.45) is 1.66. The lowest BCUT2D eigenvalue weighted by molar-refractivity contribution is 0.102. The summed E-state index contributed by atoms with van der Waals surface area (Å²) in [5.74, 6) is -0.380. The number of thiazole rings is 1. The predicted molar refractivity (Wildman–Crippen MR) is 82.2 cm³/mol. The average Bonchev–Trinajstić information content (AvgIpc) is 2.84. The summed E-state index contributed by atoms with van der Waals surface area (Å²) >= 11 is 1.36. The van der Waals surface area contributed by atoms with E-state index in [-0.39, 0.29) is 10.8 Å². The Morgan fingerprint density at radius 2 is 2.00 bits per heavy atom. The second-order valence-corrected chi connectivity index (χ2v) is 7.54. The number of aromatic nitrogens is 1. The number of amides is 1. The maximum Gasteiger partial charge on any atom is 0.257 e. The van der Waals surface area contributed by atoms with Gasteiger partial charge in [0, 0.05) is 16.6 Å². The zero-order valence-electron chi connectivity index (χ0n) is 11.8. The molecule has 6 nitrogen and oxygen atoms in total. The van der Waals surface area contributed by atoms with Crippen LogP contribution >= 0.6 is 11.3 Å². The number of anilines is 1. The van der Waals surface area contributed by atoms with Crippen LogP contribution < -0.4 is 10.0 Å². The third-order valence-electron chi connectivity index (χ3n) is 2.87. The molecule has 0 aliphatic heterocycles. The minimum Gasteiger partial charge on any atom is -0.298 e. The molecular formula is C13H15N3O3S2. The van der Waals surface area contributed by atoms with E-state index in [9.17, 15) is 13.2 Å². The third kappa shape index (κ3) is 3.46. The largest absolute Gasteiger partial charge is 0.298 e. The Morgan fingerprint density at radius 3 is 2.57 bits per heavy atom. The van der Waals surface area contributed by atoms with Gasteiger partial charge in [-0.15, -0.1) is 11.3 Å². The highest BCUT2D eigenvalue weighted by Gasteiger charge is 2.17. The van der Waals surface area contributed by atoms with Gasteiger partial charge in [0.25, 0.3) is 5.91 Å². The van der Waals surface area contributed by atoms with Crippen molar-refractivity contribution in [2.75, 3.05) is 12.4 Å². The van der Waals surface area contributed by atoms with Gasteiger partial charge in [0.2, 0.25) is 10.0 Å². The minimum atomic E-state index is -3.58. The van der Waals surface area contributed by atoms with Crippen molar-refractivity contribution in [1.82, 2.24) is 9.71 Å². The maximum absolute atomic E-state index is 12.3. The number of rotatable bonds is 4. The molecule has 0 saturated heterocycles. The van der Waals surface area contributed by atoms with Crippen molar-refractivity contribution in [2.24, 2.45) is 0 Å². The smallest absolute Gasteiger partial charge is 0.257 e. The van der Waals surface area contributed by atoms with Crippen molar-refractivity contribution in [2.45, 2.75) is 18.7 Å². The number of carbonyl (C=O) groups is 1. The number of hydrogen-bond donors (Lipinski definition) is 2. The number of hydrogen-bond acceptors (Lipinski definition) is 5. The number of benzene rings is 1. The van der Waals surface area contributed by atoms with Crippen LogP contribution in [0.5, 0.6) is 0 Å². The van der Waals surface area contributed by atoms with Gasteiger partial charge in [0.1, 0.15) is 0 Å². The predicted octanol–water partition coefficient (Wildman–Crippen LogP) is 1.92. The van der Waals surface area contributed by atoms with E-state index in [2.05, 4.69) is 15.0 Å². The number of nitrogens with zero attached hydrogens (tertiary/aromatic N) is 1. The highest BCUT2D eigenvalue weighted by Crippen LogP contribution is 2.20. The Balaban J connectivity index is 2.34. The Bertz CT molecular complexity index is 782. The van der Waals surface area contributed by atoms with Gasteiger partial charge in [-0.1, -0.05) is 6.07 Å². The Morgan fingerprint density at radius 1 is 1.29 bits per heavy atom. The summed E-state index contributed by atoms with van der Waals surface area (Å²) in [6, 6.07) is 4.43. The molecule has 0 unspecified atom stereocenters. The molecule has 0 spiro atoms. The van der Waals surface area contributed by atoms with Crippen molar-refractivity contribution in [3.05, 3.63) is 40.4 Å². The summed E-state index contributed by atoms with van der Waals surface area (Å²) in [5.41, 5.74) is 0.995. The number of sulfonamides is 1. The van der Waals surface area contributed by atoms with Crippen LogP contribution in [0.3, 0.4) is 0 Å². The molecular weight excluding hydrogens is 310 g/mol. The normalized spacial score (nSPS) is 11.4. The number of carbonyl (C=O) groups excluding carboxylic acids is 1. The van der Waals surface area contributed by atoms with Crippen LogP contribution in [0.25, 0.3) is 0 Å². The number of nitrogens with one attached hydrogen (secondary N) is 2. The average molecular weight is 325 g/mol. The highest BCUT2D eigenvalue weighted by atomic mass is 32.2. The molecule has 1 aromatic carbocycles. The first-order valence-electron chi connectivity index (χ1n) is 6.11.